The maximum Gasteiger partial charge on any atom is 0.192 e. The molecular weight excluding hydrogens is 400 g/mol. The summed E-state index contributed by atoms with van der Waals surface area (Å²) in [4.78, 5) is 8.82. The molecule has 1 saturated carbocycles. The summed E-state index contributed by atoms with van der Waals surface area (Å²) >= 11 is 3.32. The number of hydrogen-bond acceptors (Lipinski definition) is 7. The molecule has 5 rings (SSSR count). The van der Waals surface area contributed by atoms with Gasteiger partial charge in [0.25, 0.3) is 0 Å². The van der Waals surface area contributed by atoms with Gasteiger partial charge in [-0.15, -0.1) is 21.5 Å². The maximum atomic E-state index is 4.72. The average molecular weight is 421 g/mol. The van der Waals surface area contributed by atoms with Gasteiger partial charge in [-0.25, -0.2) is 4.98 Å². The third-order valence-electron chi connectivity index (χ3n) is 4.72. The van der Waals surface area contributed by atoms with Crippen LogP contribution in [0.2, 0.25) is 0 Å². The van der Waals surface area contributed by atoms with E-state index >= 15 is 0 Å². The van der Waals surface area contributed by atoms with Crippen LogP contribution < -0.4 is 5.32 Å². The van der Waals surface area contributed by atoms with Gasteiger partial charge in [0, 0.05) is 40.8 Å². The zero-order valence-electron chi connectivity index (χ0n) is 15.9. The summed E-state index contributed by atoms with van der Waals surface area (Å²) in [6.45, 7) is 2.09. The Morgan fingerprint density at radius 1 is 1.10 bits per heavy atom. The van der Waals surface area contributed by atoms with Gasteiger partial charge < -0.3 is 5.32 Å². The number of hydrogen-bond donors (Lipinski definition) is 1. The van der Waals surface area contributed by atoms with Crippen molar-refractivity contribution in [1.82, 2.24) is 24.7 Å². The molecule has 0 radical (unpaired) electrons. The van der Waals surface area contributed by atoms with Crippen LogP contribution in [0.4, 0.5) is 10.8 Å². The van der Waals surface area contributed by atoms with Gasteiger partial charge >= 0.3 is 0 Å². The zero-order valence-corrected chi connectivity index (χ0v) is 17.6. The Morgan fingerprint density at radius 2 is 1.90 bits per heavy atom. The molecule has 0 spiro atoms. The molecule has 4 aromatic rings. The number of pyridine rings is 1. The van der Waals surface area contributed by atoms with Gasteiger partial charge in [0.15, 0.2) is 16.1 Å². The van der Waals surface area contributed by atoms with Crippen LogP contribution in [0.15, 0.2) is 59.3 Å². The highest BCUT2D eigenvalue weighted by Gasteiger charge is 2.30. The summed E-state index contributed by atoms with van der Waals surface area (Å²) in [7, 11) is 0. The molecule has 3 aromatic heterocycles. The van der Waals surface area contributed by atoms with Gasteiger partial charge in [0.05, 0.1) is 5.69 Å². The standard InChI is InChI=1S/C21H20N6S2/c1-14-2-4-16(5-3-14)23-20-24-17(12-28-20)13-29-21-26-25-19(27(21)18-6-7-18)15-8-10-22-11-9-15/h2-5,8-12,18H,6-7,13H2,1H3,(H,23,24). The lowest BCUT2D eigenvalue weighted by Crippen LogP contribution is -2.00. The van der Waals surface area contributed by atoms with Gasteiger partial charge in [0.1, 0.15) is 0 Å². The van der Waals surface area contributed by atoms with Crippen LogP contribution in [-0.4, -0.2) is 24.7 Å². The average Bonchev–Trinajstić information content (AvgIpc) is 3.34. The van der Waals surface area contributed by atoms with Gasteiger partial charge in [0.2, 0.25) is 0 Å². The Balaban J connectivity index is 1.29. The highest BCUT2D eigenvalue weighted by molar-refractivity contribution is 7.98. The molecule has 29 heavy (non-hydrogen) atoms. The summed E-state index contributed by atoms with van der Waals surface area (Å²) in [6, 6.07) is 12.8. The summed E-state index contributed by atoms with van der Waals surface area (Å²) in [5.74, 6) is 1.70. The molecule has 0 aliphatic heterocycles. The minimum atomic E-state index is 0.505. The van der Waals surface area contributed by atoms with Crippen LogP contribution in [0.1, 0.15) is 30.1 Å². The quantitative estimate of drug-likeness (QED) is 0.400. The molecule has 1 fully saturated rings. The van der Waals surface area contributed by atoms with Crippen molar-refractivity contribution in [3.8, 4) is 11.4 Å². The predicted octanol–water partition coefficient (Wildman–Crippen LogP) is 5.48. The van der Waals surface area contributed by atoms with Crippen LogP contribution in [0, 0.1) is 6.92 Å². The Labute approximate surface area is 177 Å². The van der Waals surface area contributed by atoms with Crippen LogP contribution in [0.25, 0.3) is 11.4 Å². The van der Waals surface area contributed by atoms with Crippen molar-refractivity contribution < 1.29 is 0 Å². The summed E-state index contributed by atoms with van der Waals surface area (Å²) in [5, 5.41) is 16.3. The monoisotopic (exact) mass is 420 g/mol. The fourth-order valence-electron chi connectivity index (χ4n) is 3.06. The third kappa shape index (κ3) is 4.18. The van der Waals surface area contributed by atoms with E-state index in [0.29, 0.717) is 6.04 Å². The molecule has 1 aliphatic carbocycles. The van der Waals surface area contributed by atoms with E-state index in [4.69, 9.17) is 4.98 Å². The number of nitrogens with zero attached hydrogens (tertiary/aromatic N) is 5. The van der Waals surface area contributed by atoms with E-state index in [9.17, 15) is 0 Å². The van der Waals surface area contributed by atoms with Gasteiger partial charge in [-0.2, -0.15) is 0 Å². The fraction of sp³-hybridized carbons (Fsp3) is 0.238. The second-order valence-corrected chi connectivity index (χ2v) is 8.87. The molecule has 0 saturated heterocycles. The maximum absolute atomic E-state index is 4.72. The fourth-order valence-corrected chi connectivity index (χ4v) is 4.80. The summed E-state index contributed by atoms with van der Waals surface area (Å²) in [5.41, 5.74) is 4.41. The molecule has 8 heteroatoms. The van der Waals surface area contributed by atoms with Crippen LogP contribution in [0.5, 0.6) is 0 Å². The van der Waals surface area contributed by atoms with E-state index in [2.05, 4.69) is 61.6 Å². The van der Waals surface area contributed by atoms with Crippen LogP contribution in [0.3, 0.4) is 0 Å². The number of nitrogens with one attached hydrogen (secondary N) is 1. The second kappa shape index (κ2) is 7.96. The first kappa shape index (κ1) is 18.3. The van der Waals surface area contributed by atoms with Gasteiger partial charge in [-0.3, -0.25) is 9.55 Å². The van der Waals surface area contributed by atoms with E-state index in [-0.39, 0.29) is 0 Å². The molecule has 0 amide bonds. The van der Waals surface area contributed by atoms with E-state index in [1.165, 1.54) is 18.4 Å². The first-order chi connectivity index (χ1) is 14.3. The van der Waals surface area contributed by atoms with Crippen LogP contribution in [-0.2, 0) is 5.75 Å². The topological polar surface area (TPSA) is 68.5 Å². The number of aryl methyl sites for hydroxylation is 1. The first-order valence-corrected chi connectivity index (χ1v) is 11.4. The predicted molar refractivity (Wildman–Crippen MR) is 118 cm³/mol. The third-order valence-corrected chi connectivity index (χ3v) is 6.50. The molecule has 6 nitrogen and oxygen atoms in total. The number of thiazole rings is 1. The van der Waals surface area contributed by atoms with Crippen molar-refractivity contribution in [3.63, 3.8) is 0 Å². The van der Waals surface area contributed by atoms with Crippen LogP contribution >= 0.6 is 23.1 Å². The Bertz CT molecular complexity index is 1100. The number of benzene rings is 1. The number of anilines is 2. The van der Waals surface area contributed by atoms with Crippen molar-refractivity contribution in [3.05, 3.63) is 65.4 Å². The lowest BCUT2D eigenvalue weighted by Gasteiger charge is -2.08. The largest absolute Gasteiger partial charge is 0.332 e. The summed E-state index contributed by atoms with van der Waals surface area (Å²) < 4.78 is 2.28. The Morgan fingerprint density at radius 3 is 2.66 bits per heavy atom. The molecule has 1 aliphatic rings. The van der Waals surface area contributed by atoms with E-state index in [1.807, 2.05) is 12.1 Å². The molecule has 0 unspecified atom stereocenters. The van der Waals surface area contributed by atoms with Crippen molar-refractivity contribution in [1.29, 1.82) is 0 Å². The molecule has 0 bridgehead atoms. The zero-order chi connectivity index (χ0) is 19.6. The molecular formula is C21H20N6S2. The van der Waals surface area contributed by atoms with E-state index in [0.717, 1.165) is 38.8 Å². The number of rotatable bonds is 7. The minimum absolute atomic E-state index is 0.505. The van der Waals surface area contributed by atoms with Gasteiger partial charge in [-0.1, -0.05) is 29.5 Å². The van der Waals surface area contributed by atoms with E-state index < -0.39 is 0 Å². The van der Waals surface area contributed by atoms with Crippen molar-refractivity contribution in [2.24, 2.45) is 0 Å². The van der Waals surface area contributed by atoms with E-state index in [1.54, 1.807) is 35.5 Å². The SMILES string of the molecule is Cc1ccc(Nc2nc(CSc3nnc(-c4ccncc4)n3C3CC3)cs2)cc1. The molecule has 0 atom stereocenters. The number of aromatic nitrogens is 5. The van der Waals surface area contributed by atoms with Crippen molar-refractivity contribution >= 4 is 33.9 Å². The summed E-state index contributed by atoms with van der Waals surface area (Å²) in [6.07, 6.45) is 5.97. The van der Waals surface area contributed by atoms with Crippen molar-refractivity contribution in [2.45, 2.75) is 36.7 Å². The highest BCUT2D eigenvalue weighted by atomic mass is 32.2. The normalized spacial score (nSPS) is 13.6. The lowest BCUT2D eigenvalue weighted by atomic mass is 10.2. The molecule has 3 heterocycles. The van der Waals surface area contributed by atoms with Crippen molar-refractivity contribution in [2.75, 3.05) is 5.32 Å². The molecule has 1 aromatic carbocycles. The Hall–Kier alpha value is -2.71. The smallest absolute Gasteiger partial charge is 0.192 e. The number of thioether (sulfide) groups is 1. The first-order valence-electron chi connectivity index (χ1n) is 9.52. The molecule has 146 valence electrons. The highest BCUT2D eigenvalue weighted by Crippen LogP contribution is 2.41. The van der Waals surface area contributed by atoms with Gasteiger partial charge in [-0.05, 0) is 44.0 Å². The Kier molecular flexibility index (Phi) is 5.03. The molecule has 1 N–H and O–H groups in total. The second-order valence-electron chi connectivity index (χ2n) is 7.07. The minimum Gasteiger partial charge on any atom is -0.332 e. The lowest BCUT2D eigenvalue weighted by molar-refractivity contribution is 0.669.